The van der Waals surface area contributed by atoms with Crippen LogP contribution in [-0.2, 0) is 16.1 Å². The molecule has 0 aliphatic rings. The first kappa shape index (κ1) is 25.0. The molecule has 0 unspecified atom stereocenters. The lowest BCUT2D eigenvalue weighted by atomic mass is 10.1. The van der Waals surface area contributed by atoms with Crippen LogP contribution in [0.1, 0.15) is 0 Å². The minimum absolute atomic E-state index is 0.0657. The Kier molecular flexibility index (Phi) is 7.60. The van der Waals surface area contributed by atoms with Crippen molar-refractivity contribution in [3.05, 3.63) is 91.3 Å². The topological polar surface area (TPSA) is 111 Å². The maximum absolute atomic E-state index is 13.0. The third-order valence-corrected chi connectivity index (χ3v) is 6.61. The van der Waals surface area contributed by atoms with E-state index in [1.165, 1.54) is 16.4 Å². The van der Waals surface area contributed by atoms with Crippen LogP contribution in [0.4, 0.5) is 11.4 Å². The molecule has 9 nitrogen and oxygen atoms in total. The highest BCUT2D eigenvalue weighted by Crippen LogP contribution is 2.25. The lowest BCUT2D eigenvalue weighted by Gasteiger charge is -2.10. The summed E-state index contributed by atoms with van der Waals surface area (Å²) in [5.41, 5.74) is 2.14. The van der Waals surface area contributed by atoms with Crippen molar-refractivity contribution in [1.29, 1.82) is 0 Å². The van der Waals surface area contributed by atoms with Crippen LogP contribution in [0.25, 0.3) is 22.2 Å². The second-order valence-electron chi connectivity index (χ2n) is 8.25. The summed E-state index contributed by atoms with van der Waals surface area (Å²) in [5.74, 6) is 0.780. The number of carbonyl (C=O) groups excluding carboxylic acids is 2. The van der Waals surface area contributed by atoms with Crippen molar-refractivity contribution >= 4 is 45.7 Å². The minimum atomic E-state index is -0.253. The second kappa shape index (κ2) is 11.6. The van der Waals surface area contributed by atoms with Gasteiger partial charge in [0.15, 0.2) is 11.0 Å². The predicted octanol–water partition coefficient (Wildman–Crippen LogP) is 4.87. The number of carbonyl (C=O) groups is 2. The van der Waals surface area contributed by atoms with Crippen LogP contribution in [0, 0.1) is 0 Å². The third kappa shape index (κ3) is 5.98. The molecule has 5 rings (SSSR count). The van der Waals surface area contributed by atoms with Gasteiger partial charge in [0.25, 0.3) is 0 Å². The lowest BCUT2D eigenvalue weighted by Crippen LogP contribution is -2.21. The Morgan fingerprint density at radius 3 is 2.45 bits per heavy atom. The van der Waals surface area contributed by atoms with Crippen LogP contribution in [-0.4, -0.2) is 44.4 Å². The third-order valence-electron chi connectivity index (χ3n) is 5.64. The first-order valence-electron chi connectivity index (χ1n) is 11.8. The molecule has 0 fully saturated rings. The molecule has 2 N–H and O–H groups in total. The standard InChI is InChI=1S/C28H24N6O3S/c1-37-22-11-9-21(10-12-22)30-26(36)18-38-28-32-27(20-13-15-29-16-14-20)33-34(28)17-25(35)31-24-8-4-6-19-5-2-3-7-23(19)24/h2-16H,17-18H2,1H3,(H,30,36)(H,31,35). The number of rotatable bonds is 9. The van der Waals surface area contributed by atoms with Crippen LogP contribution >= 0.6 is 11.8 Å². The van der Waals surface area contributed by atoms with Crippen molar-refractivity contribution in [2.24, 2.45) is 0 Å². The molecule has 2 aromatic heterocycles. The van der Waals surface area contributed by atoms with Crippen molar-refractivity contribution in [3.63, 3.8) is 0 Å². The normalized spacial score (nSPS) is 10.8. The zero-order chi connectivity index (χ0) is 26.3. The second-order valence-corrected chi connectivity index (χ2v) is 9.19. The molecule has 0 bridgehead atoms. The van der Waals surface area contributed by atoms with Gasteiger partial charge in [0.1, 0.15) is 12.3 Å². The Labute approximate surface area is 223 Å². The van der Waals surface area contributed by atoms with Gasteiger partial charge >= 0.3 is 0 Å². The quantitative estimate of drug-likeness (QED) is 0.265. The summed E-state index contributed by atoms with van der Waals surface area (Å²) in [5, 5.41) is 12.8. The van der Waals surface area contributed by atoms with Crippen LogP contribution in [0.2, 0.25) is 0 Å². The molecule has 0 spiro atoms. The summed E-state index contributed by atoms with van der Waals surface area (Å²) >= 11 is 1.21. The van der Waals surface area contributed by atoms with Gasteiger partial charge in [-0.3, -0.25) is 14.6 Å². The summed E-state index contributed by atoms with van der Waals surface area (Å²) in [7, 11) is 1.59. The van der Waals surface area contributed by atoms with E-state index in [1.807, 2.05) is 42.5 Å². The molecule has 3 aromatic carbocycles. The number of benzene rings is 3. The van der Waals surface area contributed by atoms with Gasteiger partial charge in [0.2, 0.25) is 11.8 Å². The van der Waals surface area contributed by atoms with E-state index >= 15 is 0 Å². The maximum Gasteiger partial charge on any atom is 0.246 e. The Hall–Kier alpha value is -4.70. The number of amides is 2. The highest BCUT2D eigenvalue weighted by Gasteiger charge is 2.17. The lowest BCUT2D eigenvalue weighted by molar-refractivity contribution is -0.117. The van der Waals surface area contributed by atoms with Crippen molar-refractivity contribution in [3.8, 4) is 17.1 Å². The van der Waals surface area contributed by atoms with E-state index < -0.39 is 0 Å². The molecule has 190 valence electrons. The van der Waals surface area contributed by atoms with Gasteiger partial charge in [0, 0.05) is 34.7 Å². The molecule has 0 aliphatic carbocycles. The number of hydrogen-bond donors (Lipinski definition) is 2. The molecular weight excluding hydrogens is 500 g/mol. The Balaban J connectivity index is 1.31. The van der Waals surface area contributed by atoms with E-state index in [0.717, 1.165) is 22.0 Å². The van der Waals surface area contributed by atoms with E-state index in [1.54, 1.807) is 55.9 Å². The summed E-state index contributed by atoms with van der Waals surface area (Å²) in [6, 6.07) is 24.3. The molecule has 0 saturated carbocycles. The highest BCUT2D eigenvalue weighted by molar-refractivity contribution is 7.99. The molecular formula is C28H24N6O3S. The van der Waals surface area contributed by atoms with Crippen molar-refractivity contribution in [1.82, 2.24) is 19.7 Å². The smallest absolute Gasteiger partial charge is 0.246 e. The number of thioether (sulfide) groups is 1. The molecule has 10 heteroatoms. The van der Waals surface area contributed by atoms with Crippen molar-refractivity contribution in [2.45, 2.75) is 11.7 Å². The Bertz CT molecular complexity index is 1570. The first-order chi connectivity index (χ1) is 18.6. The van der Waals surface area contributed by atoms with E-state index in [9.17, 15) is 9.59 Å². The molecule has 5 aromatic rings. The fraction of sp³-hybridized carbons (Fsp3) is 0.107. The average Bonchev–Trinajstić information content (AvgIpc) is 3.35. The number of hydrogen-bond acceptors (Lipinski definition) is 7. The SMILES string of the molecule is COc1ccc(NC(=O)CSc2nc(-c3ccncc3)nn2CC(=O)Nc2cccc3ccccc23)cc1. The van der Waals surface area contributed by atoms with Crippen molar-refractivity contribution in [2.75, 3.05) is 23.5 Å². The molecule has 2 heterocycles. The largest absolute Gasteiger partial charge is 0.497 e. The molecule has 0 radical (unpaired) electrons. The molecule has 0 saturated heterocycles. The van der Waals surface area contributed by atoms with E-state index in [2.05, 4.69) is 25.7 Å². The number of nitrogens with zero attached hydrogens (tertiary/aromatic N) is 4. The van der Waals surface area contributed by atoms with Crippen molar-refractivity contribution < 1.29 is 14.3 Å². The van der Waals surface area contributed by atoms with E-state index in [0.29, 0.717) is 22.4 Å². The van der Waals surface area contributed by atoms with Crippen LogP contribution in [0.3, 0.4) is 0 Å². The first-order valence-corrected chi connectivity index (χ1v) is 12.8. The summed E-state index contributed by atoms with van der Waals surface area (Å²) < 4.78 is 6.67. The van der Waals surface area contributed by atoms with Gasteiger partial charge in [0.05, 0.1) is 12.9 Å². The van der Waals surface area contributed by atoms with E-state index in [-0.39, 0.29) is 24.1 Å². The van der Waals surface area contributed by atoms with Gasteiger partial charge in [-0.05, 0) is 47.9 Å². The number of nitrogens with one attached hydrogen (secondary N) is 2. The summed E-state index contributed by atoms with van der Waals surface area (Å²) in [6.07, 6.45) is 3.30. The van der Waals surface area contributed by atoms with E-state index in [4.69, 9.17) is 4.74 Å². The Morgan fingerprint density at radius 2 is 1.66 bits per heavy atom. The molecule has 38 heavy (non-hydrogen) atoms. The Morgan fingerprint density at radius 1 is 0.895 bits per heavy atom. The number of ether oxygens (including phenoxy) is 1. The zero-order valence-electron chi connectivity index (χ0n) is 20.5. The number of methoxy groups -OCH3 is 1. The maximum atomic E-state index is 13.0. The molecule has 0 atom stereocenters. The highest BCUT2D eigenvalue weighted by atomic mass is 32.2. The van der Waals surface area contributed by atoms with Gasteiger partial charge < -0.3 is 15.4 Å². The summed E-state index contributed by atoms with van der Waals surface area (Å²) in [6.45, 7) is -0.0657. The van der Waals surface area contributed by atoms with Crippen LogP contribution in [0.5, 0.6) is 5.75 Å². The number of pyridine rings is 1. The summed E-state index contributed by atoms with van der Waals surface area (Å²) in [4.78, 5) is 34.3. The molecule has 0 aliphatic heterocycles. The van der Waals surface area contributed by atoms with Gasteiger partial charge in [-0.2, -0.15) is 0 Å². The predicted molar refractivity (Wildman–Crippen MR) is 148 cm³/mol. The van der Waals surface area contributed by atoms with Gasteiger partial charge in [-0.1, -0.05) is 48.2 Å². The van der Waals surface area contributed by atoms with Crippen LogP contribution < -0.4 is 15.4 Å². The van der Waals surface area contributed by atoms with Gasteiger partial charge in [-0.15, -0.1) is 5.10 Å². The number of anilines is 2. The fourth-order valence-corrected chi connectivity index (χ4v) is 4.56. The van der Waals surface area contributed by atoms with Gasteiger partial charge in [-0.25, -0.2) is 9.67 Å². The molecule has 2 amide bonds. The fourth-order valence-electron chi connectivity index (χ4n) is 3.82. The monoisotopic (exact) mass is 524 g/mol. The number of aromatic nitrogens is 4. The minimum Gasteiger partial charge on any atom is -0.497 e. The average molecular weight is 525 g/mol. The zero-order valence-corrected chi connectivity index (χ0v) is 21.3. The number of fused-ring (bicyclic) bond motifs is 1. The van der Waals surface area contributed by atoms with Crippen LogP contribution in [0.15, 0.2) is 96.4 Å².